The van der Waals surface area contributed by atoms with E-state index in [-0.39, 0.29) is 28.3 Å². The maximum atomic E-state index is 12.4. The van der Waals surface area contributed by atoms with Crippen LogP contribution in [0.15, 0.2) is 0 Å². The second-order valence-electron chi connectivity index (χ2n) is 5.84. The number of carbonyl (C=O) groups excluding carboxylic acids is 2. The highest BCUT2D eigenvalue weighted by Crippen LogP contribution is 2.51. The zero-order chi connectivity index (χ0) is 14.5. The van der Waals surface area contributed by atoms with E-state index in [0.29, 0.717) is 5.92 Å². The standard InChI is InChI=1S/C12H22N4O2S/c1-7(2)8-15-9(12(3,4)19-8)16(10(17)13-5)14(6)11(15)18/h7-9H,1-6H3,(H,13,17). The smallest absolute Gasteiger partial charge is 0.340 e. The Hall–Kier alpha value is -1.11. The van der Waals surface area contributed by atoms with Crippen LogP contribution in [-0.2, 0) is 0 Å². The molecular weight excluding hydrogens is 264 g/mol. The number of hydrogen-bond donors (Lipinski definition) is 1. The first kappa shape index (κ1) is 14.3. The minimum Gasteiger partial charge on any atom is -0.340 e. The van der Waals surface area contributed by atoms with E-state index in [1.54, 1.807) is 25.9 Å². The monoisotopic (exact) mass is 286 g/mol. The molecule has 4 amide bonds. The molecule has 2 atom stereocenters. The molecule has 6 nitrogen and oxygen atoms in total. The zero-order valence-corrected chi connectivity index (χ0v) is 13.1. The summed E-state index contributed by atoms with van der Waals surface area (Å²) in [4.78, 5) is 26.3. The molecule has 2 saturated heterocycles. The summed E-state index contributed by atoms with van der Waals surface area (Å²) in [5, 5.41) is 5.65. The Kier molecular flexibility index (Phi) is 3.36. The van der Waals surface area contributed by atoms with Crippen molar-refractivity contribution >= 4 is 23.8 Å². The lowest BCUT2D eigenvalue weighted by atomic mass is 10.1. The van der Waals surface area contributed by atoms with Gasteiger partial charge in [0.25, 0.3) is 0 Å². The number of hydrogen-bond acceptors (Lipinski definition) is 3. The van der Waals surface area contributed by atoms with Crippen LogP contribution < -0.4 is 5.32 Å². The van der Waals surface area contributed by atoms with Crippen molar-refractivity contribution in [2.45, 2.75) is 44.0 Å². The predicted molar refractivity (Wildman–Crippen MR) is 75.4 cm³/mol. The summed E-state index contributed by atoms with van der Waals surface area (Å²) >= 11 is 1.76. The van der Waals surface area contributed by atoms with Crippen LogP contribution in [0.1, 0.15) is 27.7 Å². The third kappa shape index (κ3) is 1.94. The first-order valence-electron chi connectivity index (χ1n) is 6.47. The first-order valence-corrected chi connectivity index (χ1v) is 7.35. The fraction of sp³-hybridized carbons (Fsp3) is 0.833. The average Bonchev–Trinajstić information content (AvgIpc) is 2.74. The molecule has 2 fully saturated rings. The molecule has 2 heterocycles. The summed E-state index contributed by atoms with van der Waals surface area (Å²) in [7, 11) is 3.23. The van der Waals surface area contributed by atoms with Gasteiger partial charge in [0.15, 0.2) is 0 Å². The van der Waals surface area contributed by atoms with Crippen molar-refractivity contribution in [3.8, 4) is 0 Å². The highest BCUT2D eigenvalue weighted by atomic mass is 32.2. The topological polar surface area (TPSA) is 55.9 Å². The number of urea groups is 2. The molecule has 0 aromatic rings. The third-order valence-corrected chi connectivity index (χ3v) is 5.46. The van der Waals surface area contributed by atoms with Crippen LogP contribution in [0.3, 0.4) is 0 Å². The maximum Gasteiger partial charge on any atom is 0.341 e. The Morgan fingerprint density at radius 2 is 2.00 bits per heavy atom. The Balaban J connectivity index is 2.43. The van der Waals surface area contributed by atoms with Gasteiger partial charge in [-0.25, -0.2) is 19.6 Å². The molecule has 0 spiro atoms. The van der Waals surface area contributed by atoms with Crippen LogP contribution in [0.4, 0.5) is 9.59 Å². The molecule has 2 unspecified atom stereocenters. The second-order valence-corrected chi connectivity index (χ2v) is 7.61. The van der Waals surface area contributed by atoms with Gasteiger partial charge >= 0.3 is 12.1 Å². The van der Waals surface area contributed by atoms with Gasteiger partial charge in [-0.3, -0.25) is 4.90 Å². The van der Waals surface area contributed by atoms with Gasteiger partial charge in [0.2, 0.25) is 0 Å². The zero-order valence-electron chi connectivity index (χ0n) is 12.3. The Labute approximate surface area is 118 Å². The molecule has 7 heteroatoms. The summed E-state index contributed by atoms with van der Waals surface area (Å²) in [5.41, 5.74) is 0. The first-order chi connectivity index (χ1) is 8.72. The molecule has 19 heavy (non-hydrogen) atoms. The van der Waals surface area contributed by atoms with Crippen LogP contribution in [0.2, 0.25) is 0 Å². The van der Waals surface area contributed by atoms with Crippen LogP contribution in [0, 0.1) is 5.92 Å². The second kappa shape index (κ2) is 4.47. The SMILES string of the molecule is CNC(=O)N1C2N(C(=O)N1C)C(C(C)C)SC2(C)C. The molecule has 0 aromatic carbocycles. The normalized spacial score (nSPS) is 29.2. The molecule has 0 aliphatic carbocycles. The molecule has 0 radical (unpaired) electrons. The number of fused-ring (bicyclic) bond motifs is 1. The number of nitrogens with one attached hydrogen (secondary N) is 1. The fourth-order valence-electron chi connectivity index (χ4n) is 2.77. The van der Waals surface area contributed by atoms with Crippen molar-refractivity contribution in [3.05, 3.63) is 0 Å². The Morgan fingerprint density at radius 3 is 2.47 bits per heavy atom. The minimum absolute atomic E-state index is 0.101. The van der Waals surface area contributed by atoms with E-state index in [4.69, 9.17) is 0 Å². The summed E-state index contributed by atoms with van der Waals surface area (Å²) in [6, 6.07) is -0.355. The quantitative estimate of drug-likeness (QED) is 0.799. The van der Waals surface area contributed by atoms with Crippen molar-refractivity contribution in [1.29, 1.82) is 0 Å². The molecule has 2 aliphatic heterocycles. The average molecular weight is 286 g/mol. The van der Waals surface area contributed by atoms with Crippen molar-refractivity contribution in [1.82, 2.24) is 20.2 Å². The van der Waals surface area contributed by atoms with E-state index in [0.717, 1.165) is 0 Å². The maximum absolute atomic E-state index is 12.4. The van der Waals surface area contributed by atoms with Crippen molar-refractivity contribution < 1.29 is 9.59 Å². The molecule has 0 bridgehead atoms. The minimum atomic E-state index is -0.249. The van der Waals surface area contributed by atoms with Crippen LogP contribution in [0.5, 0.6) is 0 Å². The largest absolute Gasteiger partial charge is 0.341 e. The van der Waals surface area contributed by atoms with Gasteiger partial charge in [0.1, 0.15) is 6.17 Å². The molecule has 2 aliphatic rings. The van der Waals surface area contributed by atoms with E-state index >= 15 is 0 Å². The van der Waals surface area contributed by atoms with Gasteiger partial charge in [-0.1, -0.05) is 13.8 Å². The molecule has 1 N–H and O–H groups in total. The van der Waals surface area contributed by atoms with Crippen molar-refractivity contribution in [3.63, 3.8) is 0 Å². The summed E-state index contributed by atoms with van der Waals surface area (Å²) < 4.78 is -0.193. The number of nitrogens with zero attached hydrogens (tertiary/aromatic N) is 3. The van der Waals surface area contributed by atoms with E-state index in [1.165, 1.54) is 10.0 Å². The van der Waals surface area contributed by atoms with Crippen LogP contribution in [0.25, 0.3) is 0 Å². The Morgan fingerprint density at radius 1 is 1.42 bits per heavy atom. The fourth-order valence-corrected chi connectivity index (χ4v) is 4.32. The van der Waals surface area contributed by atoms with Crippen LogP contribution >= 0.6 is 11.8 Å². The van der Waals surface area contributed by atoms with Gasteiger partial charge in [0.05, 0.1) is 10.1 Å². The third-order valence-electron chi connectivity index (χ3n) is 3.63. The summed E-state index contributed by atoms with van der Waals surface area (Å²) in [6.07, 6.45) is -0.234. The molecule has 2 rings (SSSR count). The van der Waals surface area contributed by atoms with Gasteiger partial charge in [-0.15, -0.1) is 11.8 Å². The highest BCUT2D eigenvalue weighted by Gasteiger charge is 2.60. The van der Waals surface area contributed by atoms with E-state index in [2.05, 4.69) is 33.0 Å². The van der Waals surface area contributed by atoms with Gasteiger partial charge in [0, 0.05) is 14.1 Å². The van der Waals surface area contributed by atoms with Crippen LogP contribution in [-0.4, -0.2) is 57.4 Å². The number of carbonyl (C=O) groups is 2. The molecule has 0 aromatic heterocycles. The molecule has 0 saturated carbocycles. The van der Waals surface area contributed by atoms with Gasteiger partial charge < -0.3 is 5.32 Å². The van der Waals surface area contributed by atoms with Crippen molar-refractivity contribution in [2.24, 2.45) is 5.92 Å². The number of thioether (sulfide) groups is 1. The highest BCUT2D eigenvalue weighted by molar-refractivity contribution is 8.01. The van der Waals surface area contributed by atoms with E-state index < -0.39 is 0 Å². The molecular formula is C12H22N4O2S. The lowest BCUT2D eigenvalue weighted by Crippen LogP contribution is -2.54. The number of hydrazine groups is 1. The van der Waals surface area contributed by atoms with Gasteiger partial charge in [-0.2, -0.15) is 0 Å². The number of amides is 4. The molecule has 108 valence electrons. The summed E-state index contributed by atoms with van der Waals surface area (Å²) in [6.45, 7) is 8.37. The van der Waals surface area contributed by atoms with E-state index in [1.807, 2.05) is 4.90 Å². The van der Waals surface area contributed by atoms with Gasteiger partial charge in [-0.05, 0) is 19.8 Å². The lowest BCUT2D eigenvalue weighted by Gasteiger charge is -2.33. The summed E-state index contributed by atoms with van der Waals surface area (Å²) in [5.74, 6) is 0.344. The number of rotatable bonds is 1. The van der Waals surface area contributed by atoms with E-state index in [9.17, 15) is 9.59 Å². The lowest BCUT2D eigenvalue weighted by molar-refractivity contribution is 0.0502. The van der Waals surface area contributed by atoms with Crippen molar-refractivity contribution in [2.75, 3.05) is 14.1 Å². The Bertz CT molecular complexity index is 413. The predicted octanol–water partition coefficient (Wildman–Crippen LogP) is 1.74.